The molecule has 1 atom stereocenters. The molecule has 0 amide bonds. The van der Waals surface area contributed by atoms with Crippen molar-refractivity contribution in [2.24, 2.45) is 0 Å². The lowest BCUT2D eigenvalue weighted by Gasteiger charge is -2.16. The number of hydrogen-bond donors (Lipinski definition) is 1. The zero-order valence-electron chi connectivity index (χ0n) is 12.7. The van der Waals surface area contributed by atoms with Crippen LogP contribution in [0.2, 0.25) is 0 Å². The van der Waals surface area contributed by atoms with E-state index >= 15 is 0 Å². The summed E-state index contributed by atoms with van der Waals surface area (Å²) in [5.74, 6) is 0.751. The SMILES string of the molecule is COc1ccc(-c2ccccc2P(=O)(O)c2ccccc2)cc1. The van der Waals surface area contributed by atoms with Crippen LogP contribution in [0.3, 0.4) is 0 Å². The Bertz CT molecular complexity index is 842. The summed E-state index contributed by atoms with van der Waals surface area (Å²) >= 11 is 0. The van der Waals surface area contributed by atoms with Gasteiger partial charge in [-0.1, -0.05) is 48.5 Å². The molecule has 4 heteroatoms. The number of benzene rings is 3. The Morgan fingerprint density at radius 2 is 1.43 bits per heavy atom. The van der Waals surface area contributed by atoms with Crippen LogP contribution in [0.15, 0.2) is 78.9 Å². The van der Waals surface area contributed by atoms with Gasteiger partial charge in [0.2, 0.25) is 0 Å². The molecule has 0 aliphatic heterocycles. The van der Waals surface area contributed by atoms with E-state index in [1.165, 1.54) is 0 Å². The van der Waals surface area contributed by atoms with Crippen LogP contribution < -0.4 is 15.3 Å². The standard InChI is InChI=1S/C19H17O3P/c1-22-16-13-11-15(12-14-16)18-9-5-6-10-19(18)23(20,21)17-7-3-2-4-8-17/h2-14H,1H3,(H,20,21). The Balaban J connectivity index is 2.12. The average molecular weight is 324 g/mol. The molecule has 3 aromatic rings. The van der Waals surface area contributed by atoms with E-state index in [2.05, 4.69) is 0 Å². The fourth-order valence-electron chi connectivity index (χ4n) is 2.52. The summed E-state index contributed by atoms with van der Waals surface area (Å²) in [6.45, 7) is 0. The second-order valence-corrected chi connectivity index (χ2v) is 7.31. The van der Waals surface area contributed by atoms with Gasteiger partial charge in [0.05, 0.1) is 7.11 Å². The van der Waals surface area contributed by atoms with E-state index in [9.17, 15) is 9.46 Å². The van der Waals surface area contributed by atoms with Crippen LogP contribution in [0.25, 0.3) is 11.1 Å². The van der Waals surface area contributed by atoms with E-state index < -0.39 is 7.37 Å². The minimum Gasteiger partial charge on any atom is -0.497 e. The van der Waals surface area contributed by atoms with Gasteiger partial charge < -0.3 is 9.63 Å². The molecule has 0 aliphatic rings. The van der Waals surface area contributed by atoms with Crippen molar-refractivity contribution in [2.45, 2.75) is 0 Å². The first-order valence-electron chi connectivity index (χ1n) is 7.25. The third-order valence-corrected chi connectivity index (χ3v) is 5.78. The van der Waals surface area contributed by atoms with Crippen molar-refractivity contribution >= 4 is 18.0 Å². The number of rotatable bonds is 4. The van der Waals surface area contributed by atoms with Crippen molar-refractivity contribution in [2.75, 3.05) is 7.11 Å². The van der Waals surface area contributed by atoms with E-state index in [1.54, 1.807) is 43.5 Å². The van der Waals surface area contributed by atoms with Crippen molar-refractivity contribution in [1.29, 1.82) is 0 Å². The van der Waals surface area contributed by atoms with Crippen molar-refractivity contribution in [3.8, 4) is 16.9 Å². The highest BCUT2D eigenvalue weighted by molar-refractivity contribution is 7.73. The maximum absolute atomic E-state index is 13.1. The van der Waals surface area contributed by atoms with Crippen LogP contribution in [0.4, 0.5) is 0 Å². The Morgan fingerprint density at radius 3 is 2.09 bits per heavy atom. The molecule has 0 radical (unpaired) electrons. The molecule has 0 spiro atoms. The first-order valence-corrected chi connectivity index (χ1v) is 8.91. The van der Waals surface area contributed by atoms with Gasteiger partial charge in [0.15, 0.2) is 0 Å². The van der Waals surface area contributed by atoms with E-state index in [4.69, 9.17) is 4.74 Å². The predicted molar refractivity (Wildman–Crippen MR) is 94.0 cm³/mol. The number of hydrogen-bond acceptors (Lipinski definition) is 2. The van der Waals surface area contributed by atoms with Crippen LogP contribution in [0.5, 0.6) is 5.75 Å². The zero-order chi connectivity index (χ0) is 16.3. The Labute approximate surface area is 135 Å². The third kappa shape index (κ3) is 3.07. The molecule has 0 aliphatic carbocycles. The minimum atomic E-state index is -3.65. The van der Waals surface area contributed by atoms with E-state index in [0.717, 1.165) is 16.9 Å². The topological polar surface area (TPSA) is 46.5 Å². The number of ether oxygens (including phenoxy) is 1. The molecule has 0 bridgehead atoms. The normalized spacial score (nSPS) is 13.3. The largest absolute Gasteiger partial charge is 0.497 e. The molecule has 0 saturated heterocycles. The molecule has 0 fully saturated rings. The highest BCUT2D eigenvalue weighted by Crippen LogP contribution is 2.41. The highest BCUT2D eigenvalue weighted by atomic mass is 31.2. The predicted octanol–water partition coefficient (Wildman–Crippen LogP) is 3.58. The van der Waals surface area contributed by atoms with Crippen LogP contribution >= 0.6 is 7.37 Å². The first kappa shape index (κ1) is 15.5. The fraction of sp³-hybridized carbons (Fsp3) is 0.0526. The molecule has 3 rings (SSSR count). The Morgan fingerprint density at radius 1 is 0.826 bits per heavy atom. The molecule has 1 unspecified atom stereocenters. The van der Waals surface area contributed by atoms with Crippen molar-refractivity contribution in [3.05, 3.63) is 78.9 Å². The Kier molecular flexibility index (Phi) is 4.33. The molecule has 1 N–H and O–H groups in total. The molecular weight excluding hydrogens is 307 g/mol. The van der Waals surface area contributed by atoms with Crippen molar-refractivity contribution in [3.63, 3.8) is 0 Å². The molecule has 116 valence electrons. The van der Waals surface area contributed by atoms with E-state index in [1.807, 2.05) is 42.5 Å². The van der Waals surface area contributed by atoms with Crippen molar-refractivity contribution < 1.29 is 14.2 Å². The van der Waals surface area contributed by atoms with Gasteiger partial charge in [-0.3, -0.25) is 4.57 Å². The van der Waals surface area contributed by atoms with Crippen LogP contribution in [0, 0.1) is 0 Å². The molecule has 0 aromatic heterocycles. The lowest BCUT2D eigenvalue weighted by atomic mass is 10.1. The number of methoxy groups -OCH3 is 1. The Hall–Kier alpha value is -2.35. The van der Waals surface area contributed by atoms with Gasteiger partial charge in [0.25, 0.3) is 7.37 Å². The summed E-state index contributed by atoms with van der Waals surface area (Å²) in [4.78, 5) is 10.7. The zero-order valence-corrected chi connectivity index (χ0v) is 13.6. The minimum absolute atomic E-state index is 0.431. The van der Waals surface area contributed by atoms with Crippen LogP contribution in [-0.4, -0.2) is 12.0 Å². The summed E-state index contributed by atoms with van der Waals surface area (Å²) in [5, 5.41) is 0.873. The summed E-state index contributed by atoms with van der Waals surface area (Å²) in [5.41, 5.74) is 1.64. The fourth-order valence-corrected chi connectivity index (χ4v) is 4.19. The summed E-state index contributed by atoms with van der Waals surface area (Å²) in [7, 11) is -2.04. The molecule has 23 heavy (non-hydrogen) atoms. The van der Waals surface area contributed by atoms with Gasteiger partial charge in [0.1, 0.15) is 5.75 Å². The first-order chi connectivity index (χ1) is 11.1. The lowest BCUT2D eigenvalue weighted by Crippen LogP contribution is -2.17. The second kappa shape index (κ2) is 6.41. The van der Waals surface area contributed by atoms with E-state index in [-0.39, 0.29) is 0 Å². The van der Waals surface area contributed by atoms with Gasteiger partial charge >= 0.3 is 0 Å². The van der Waals surface area contributed by atoms with Crippen molar-refractivity contribution in [1.82, 2.24) is 0 Å². The monoisotopic (exact) mass is 324 g/mol. The molecular formula is C19H17O3P. The quantitative estimate of drug-likeness (QED) is 0.746. The molecule has 0 heterocycles. The van der Waals surface area contributed by atoms with Gasteiger partial charge in [-0.2, -0.15) is 0 Å². The average Bonchev–Trinajstić information content (AvgIpc) is 2.62. The van der Waals surface area contributed by atoms with Gasteiger partial charge in [-0.25, -0.2) is 0 Å². The van der Waals surface area contributed by atoms with Crippen LogP contribution in [0.1, 0.15) is 0 Å². The smallest absolute Gasteiger partial charge is 0.259 e. The molecule has 3 nitrogen and oxygen atoms in total. The molecule has 0 saturated carbocycles. The maximum atomic E-state index is 13.1. The van der Waals surface area contributed by atoms with Gasteiger partial charge in [-0.05, 0) is 41.5 Å². The second-order valence-electron chi connectivity index (χ2n) is 5.16. The summed E-state index contributed by atoms with van der Waals surface area (Å²) in [6.07, 6.45) is 0. The van der Waals surface area contributed by atoms with Gasteiger partial charge in [-0.15, -0.1) is 0 Å². The van der Waals surface area contributed by atoms with E-state index in [0.29, 0.717) is 10.6 Å². The lowest BCUT2D eigenvalue weighted by molar-refractivity contribution is 0.415. The molecule has 3 aromatic carbocycles. The summed E-state index contributed by atoms with van der Waals surface area (Å²) in [6, 6.07) is 23.5. The van der Waals surface area contributed by atoms with Gasteiger partial charge in [0, 0.05) is 10.6 Å². The highest BCUT2D eigenvalue weighted by Gasteiger charge is 2.27. The van der Waals surface area contributed by atoms with Crippen LogP contribution in [-0.2, 0) is 4.57 Å². The summed E-state index contributed by atoms with van der Waals surface area (Å²) < 4.78 is 18.2. The third-order valence-electron chi connectivity index (χ3n) is 3.74. The maximum Gasteiger partial charge on any atom is 0.259 e.